The summed E-state index contributed by atoms with van der Waals surface area (Å²) in [6.45, 7) is 16.3. The maximum atomic E-state index is 13.8. The molecule has 3 rings (SSSR count). The number of aromatic nitrogens is 2. The molecule has 3 heterocycles. The van der Waals surface area contributed by atoms with Crippen LogP contribution in [0.1, 0.15) is 76.9 Å². The minimum Gasteiger partial charge on any atom is -0.507 e. The first kappa shape index (κ1) is 24.1. The molecule has 3 N–H and O–H groups in total. The van der Waals surface area contributed by atoms with Gasteiger partial charge in [-0.15, -0.1) is 0 Å². The molecule has 1 fully saturated rings. The molecule has 176 valence electrons. The van der Waals surface area contributed by atoms with Gasteiger partial charge < -0.3 is 24.7 Å². The monoisotopic (exact) mass is 443 g/mol. The van der Waals surface area contributed by atoms with Gasteiger partial charge in [-0.3, -0.25) is 9.59 Å². The normalized spacial score (nSPS) is 19.1. The number of hydrogen-bond donors (Lipinski definition) is 3. The quantitative estimate of drug-likeness (QED) is 0.674. The van der Waals surface area contributed by atoms with Crippen molar-refractivity contribution in [3.63, 3.8) is 0 Å². The van der Waals surface area contributed by atoms with Crippen molar-refractivity contribution in [2.24, 2.45) is 0 Å². The van der Waals surface area contributed by atoms with E-state index < -0.39 is 16.5 Å². The summed E-state index contributed by atoms with van der Waals surface area (Å²) in [4.78, 5) is 27.6. The van der Waals surface area contributed by atoms with Gasteiger partial charge in [-0.2, -0.15) is 0 Å². The van der Waals surface area contributed by atoms with Crippen LogP contribution in [0.25, 0.3) is 0 Å². The second-order valence-corrected chi connectivity index (χ2v) is 10.5. The third-order valence-corrected chi connectivity index (χ3v) is 6.73. The van der Waals surface area contributed by atoms with E-state index in [1.165, 1.54) is 0 Å². The summed E-state index contributed by atoms with van der Waals surface area (Å²) in [5, 5.41) is 25.9. The van der Waals surface area contributed by atoms with Crippen LogP contribution in [-0.4, -0.2) is 30.4 Å². The molecule has 1 saturated heterocycles. The zero-order valence-electron chi connectivity index (χ0n) is 20.6. The van der Waals surface area contributed by atoms with E-state index >= 15 is 0 Å². The number of nitrogens with zero attached hydrogens (tertiary/aromatic N) is 2. The van der Waals surface area contributed by atoms with Gasteiger partial charge in [0.15, 0.2) is 0 Å². The molecular formula is C25H37N3O4. The summed E-state index contributed by atoms with van der Waals surface area (Å²) in [7, 11) is 0. The number of pyridine rings is 2. The highest BCUT2D eigenvalue weighted by Gasteiger charge is 2.54. The summed E-state index contributed by atoms with van der Waals surface area (Å²) in [5.74, 6) is -0.263. The van der Waals surface area contributed by atoms with E-state index in [-0.39, 0.29) is 33.7 Å². The lowest BCUT2D eigenvalue weighted by atomic mass is 9.59. The highest BCUT2D eigenvalue weighted by molar-refractivity contribution is 5.52. The van der Waals surface area contributed by atoms with Gasteiger partial charge in [0.25, 0.3) is 11.1 Å². The Bertz CT molecular complexity index is 1080. The van der Waals surface area contributed by atoms with Crippen molar-refractivity contribution in [1.29, 1.82) is 0 Å². The van der Waals surface area contributed by atoms with Gasteiger partial charge in [-0.05, 0) is 80.4 Å². The van der Waals surface area contributed by atoms with Crippen LogP contribution < -0.4 is 16.4 Å². The molecule has 0 aliphatic carbocycles. The van der Waals surface area contributed by atoms with Crippen LogP contribution in [0.5, 0.6) is 11.5 Å². The Morgan fingerprint density at radius 2 is 1.16 bits per heavy atom. The van der Waals surface area contributed by atoms with Crippen molar-refractivity contribution < 1.29 is 10.2 Å². The Balaban J connectivity index is 2.57. The van der Waals surface area contributed by atoms with E-state index in [4.69, 9.17) is 0 Å². The first-order valence-corrected chi connectivity index (χ1v) is 11.4. The lowest BCUT2D eigenvalue weighted by Gasteiger charge is -2.53. The van der Waals surface area contributed by atoms with Crippen LogP contribution in [0, 0.1) is 13.8 Å². The Kier molecular flexibility index (Phi) is 5.88. The highest BCUT2D eigenvalue weighted by Crippen LogP contribution is 2.51. The zero-order valence-corrected chi connectivity index (χ0v) is 20.6. The number of aromatic hydroxyl groups is 2. The van der Waals surface area contributed by atoms with Crippen LogP contribution in [-0.2, 0) is 18.5 Å². The number of piperidine rings is 1. The second-order valence-electron chi connectivity index (χ2n) is 10.5. The van der Waals surface area contributed by atoms with E-state index in [2.05, 4.69) is 5.32 Å². The van der Waals surface area contributed by atoms with Crippen molar-refractivity contribution in [2.75, 3.05) is 0 Å². The summed E-state index contributed by atoms with van der Waals surface area (Å²) in [5.41, 5.74) is -1.07. The first-order valence-electron chi connectivity index (χ1n) is 11.4. The number of nitrogens with one attached hydrogen (secondary N) is 1. The second kappa shape index (κ2) is 7.80. The summed E-state index contributed by atoms with van der Waals surface area (Å²) in [6, 6.07) is 3.18. The van der Waals surface area contributed by atoms with Crippen molar-refractivity contribution in [3.8, 4) is 11.5 Å². The molecule has 1 aliphatic heterocycles. The highest BCUT2D eigenvalue weighted by atomic mass is 16.3. The fourth-order valence-corrected chi connectivity index (χ4v) is 6.25. The van der Waals surface area contributed by atoms with Crippen molar-refractivity contribution >= 4 is 0 Å². The topological polar surface area (TPSA) is 96.5 Å². The SMILES string of the molecule is CCn1c(C)cc(O)c(C2(c3c(O)cc(C)n(CC)c3=O)CC(C)(C)NC(C)(C)C2)c1=O. The molecule has 0 saturated carbocycles. The van der Waals surface area contributed by atoms with E-state index in [1.807, 2.05) is 41.5 Å². The van der Waals surface area contributed by atoms with Gasteiger partial charge in [0.1, 0.15) is 11.5 Å². The molecule has 2 aromatic rings. The van der Waals surface area contributed by atoms with E-state index in [9.17, 15) is 19.8 Å². The van der Waals surface area contributed by atoms with Crippen LogP contribution in [0.4, 0.5) is 0 Å². The molecule has 0 bridgehead atoms. The van der Waals surface area contributed by atoms with Gasteiger partial charge in [0.05, 0.1) is 11.1 Å². The molecule has 0 amide bonds. The van der Waals surface area contributed by atoms with Gasteiger partial charge in [-0.25, -0.2) is 0 Å². The lowest BCUT2D eigenvalue weighted by molar-refractivity contribution is 0.117. The fourth-order valence-electron chi connectivity index (χ4n) is 6.25. The third kappa shape index (κ3) is 3.76. The van der Waals surface area contributed by atoms with E-state index in [0.717, 1.165) is 0 Å². The Morgan fingerprint density at radius 3 is 1.47 bits per heavy atom. The number of hydrogen-bond acceptors (Lipinski definition) is 5. The number of rotatable bonds is 4. The molecule has 2 aromatic heterocycles. The van der Waals surface area contributed by atoms with Crippen molar-refractivity contribution in [1.82, 2.24) is 14.5 Å². The maximum Gasteiger partial charge on any atom is 0.258 e. The molecule has 7 heteroatoms. The van der Waals surface area contributed by atoms with Crippen LogP contribution >= 0.6 is 0 Å². The maximum absolute atomic E-state index is 13.8. The van der Waals surface area contributed by atoms with E-state index in [1.54, 1.807) is 35.1 Å². The van der Waals surface area contributed by atoms with Crippen molar-refractivity contribution in [3.05, 3.63) is 55.4 Å². The van der Waals surface area contributed by atoms with Crippen LogP contribution in [0.3, 0.4) is 0 Å². The smallest absolute Gasteiger partial charge is 0.258 e. The third-order valence-electron chi connectivity index (χ3n) is 6.73. The number of aryl methyl sites for hydroxylation is 2. The largest absolute Gasteiger partial charge is 0.507 e. The average Bonchev–Trinajstić information content (AvgIpc) is 2.58. The predicted octanol–water partition coefficient (Wildman–Crippen LogP) is 3.30. The molecule has 1 aliphatic rings. The standard InChI is InChI=1S/C25H37N3O4/c1-9-27-15(3)11-17(29)19(21(27)31)25(13-23(5,6)26-24(7,8)14-25)20-18(30)12-16(4)28(10-2)22(20)32/h11-12,26,29-30H,9-10,13-14H2,1-8H3. The van der Waals surface area contributed by atoms with Gasteiger partial charge in [0.2, 0.25) is 0 Å². The summed E-state index contributed by atoms with van der Waals surface area (Å²) in [6.07, 6.45) is 0.739. The van der Waals surface area contributed by atoms with Gasteiger partial charge >= 0.3 is 0 Å². The molecule has 0 atom stereocenters. The lowest BCUT2D eigenvalue weighted by Crippen LogP contribution is -2.64. The molecule has 0 unspecified atom stereocenters. The predicted molar refractivity (Wildman–Crippen MR) is 127 cm³/mol. The molecule has 32 heavy (non-hydrogen) atoms. The first-order chi connectivity index (χ1) is 14.7. The average molecular weight is 444 g/mol. The minimum atomic E-state index is -1.17. The Labute approximate surface area is 189 Å². The molecule has 0 aromatic carbocycles. The molecule has 0 radical (unpaired) electrons. The Morgan fingerprint density at radius 1 is 0.812 bits per heavy atom. The van der Waals surface area contributed by atoms with Crippen LogP contribution in [0.2, 0.25) is 0 Å². The molecular weight excluding hydrogens is 406 g/mol. The summed E-state index contributed by atoms with van der Waals surface area (Å²) >= 11 is 0. The molecule has 7 nitrogen and oxygen atoms in total. The van der Waals surface area contributed by atoms with Gasteiger partial charge in [0, 0.05) is 41.0 Å². The van der Waals surface area contributed by atoms with E-state index in [0.29, 0.717) is 37.3 Å². The van der Waals surface area contributed by atoms with Crippen molar-refractivity contribution in [2.45, 2.75) is 97.8 Å². The van der Waals surface area contributed by atoms with Gasteiger partial charge in [-0.1, -0.05) is 0 Å². The Hall–Kier alpha value is -2.54. The zero-order chi connectivity index (χ0) is 24.2. The minimum absolute atomic E-state index is 0.131. The summed E-state index contributed by atoms with van der Waals surface area (Å²) < 4.78 is 3.23. The molecule has 0 spiro atoms. The fraction of sp³-hybridized carbons (Fsp3) is 0.600. The van der Waals surface area contributed by atoms with Crippen LogP contribution in [0.15, 0.2) is 21.7 Å².